The van der Waals surface area contributed by atoms with Gasteiger partial charge in [0.15, 0.2) is 0 Å². The van der Waals surface area contributed by atoms with Gasteiger partial charge >= 0.3 is 0 Å². The highest BCUT2D eigenvalue weighted by Gasteiger charge is 2.18. The quantitative estimate of drug-likeness (QED) is 0.196. The minimum atomic E-state index is 0.607. The molecule has 1 nitrogen and oxygen atoms in total. The Morgan fingerprint density at radius 1 is 0.680 bits per heavy atom. The molecule has 3 aromatic heterocycles. The van der Waals surface area contributed by atoms with Gasteiger partial charge in [0, 0.05) is 20.9 Å². The highest BCUT2D eigenvalue weighted by molar-refractivity contribution is 7.37. The molecule has 6 aromatic rings. The van der Waals surface area contributed by atoms with E-state index < -0.39 is 0 Å². The maximum absolute atomic E-state index is 6.57. The fourth-order valence-corrected chi connectivity index (χ4v) is 6.65. The first-order valence-electron chi connectivity index (χ1n) is 8.02. The fraction of sp³-hybridized carbons (Fsp3) is 0. The van der Waals surface area contributed by atoms with E-state index in [4.69, 9.17) is 11.6 Å². The molecule has 0 radical (unpaired) electrons. The van der Waals surface area contributed by atoms with Crippen LogP contribution in [0.15, 0.2) is 60.7 Å². The molecule has 0 bridgehead atoms. The molecule has 3 aromatic carbocycles. The molecule has 6 rings (SSSR count). The van der Waals surface area contributed by atoms with Crippen molar-refractivity contribution in [1.82, 2.24) is 4.98 Å². The zero-order valence-corrected chi connectivity index (χ0v) is 15.3. The standard InChI is InChI=1S/C21H10ClNS2/c22-21-20-17(19-18(25-20)13-7-3-4-8-15(13)24-19)16-12-6-2-1-5-11(12)9-10-14(16)23-21/h1-10H. The highest BCUT2D eigenvalue weighted by Crippen LogP contribution is 2.48. The van der Waals surface area contributed by atoms with Crippen molar-refractivity contribution >= 4 is 85.5 Å². The second-order valence-corrected chi connectivity index (χ2v) is 8.58. The van der Waals surface area contributed by atoms with Gasteiger partial charge in [0.25, 0.3) is 0 Å². The second-order valence-electron chi connectivity index (χ2n) is 6.15. The largest absolute Gasteiger partial charge is 0.235 e. The van der Waals surface area contributed by atoms with Crippen LogP contribution in [0.2, 0.25) is 5.15 Å². The van der Waals surface area contributed by atoms with Crippen LogP contribution in [-0.2, 0) is 0 Å². The van der Waals surface area contributed by atoms with Crippen LogP contribution in [0.5, 0.6) is 0 Å². The summed E-state index contributed by atoms with van der Waals surface area (Å²) in [5, 5.41) is 6.87. The van der Waals surface area contributed by atoms with Crippen LogP contribution in [0.25, 0.3) is 51.2 Å². The third-order valence-corrected chi connectivity index (χ3v) is 7.70. The van der Waals surface area contributed by atoms with Gasteiger partial charge < -0.3 is 0 Å². The summed E-state index contributed by atoms with van der Waals surface area (Å²) in [6.45, 7) is 0. The lowest BCUT2D eigenvalue weighted by Crippen LogP contribution is -1.83. The Bertz CT molecular complexity index is 1460. The maximum Gasteiger partial charge on any atom is 0.147 e. The summed E-state index contributed by atoms with van der Waals surface area (Å²) >= 11 is 10.2. The molecule has 0 amide bonds. The van der Waals surface area contributed by atoms with Gasteiger partial charge in [0.2, 0.25) is 0 Å². The summed E-state index contributed by atoms with van der Waals surface area (Å²) in [6, 6.07) is 21.3. The summed E-state index contributed by atoms with van der Waals surface area (Å²) in [5.41, 5.74) is 0.966. The molecule has 3 heterocycles. The molecule has 0 aliphatic rings. The summed E-state index contributed by atoms with van der Waals surface area (Å²) < 4.78 is 5.07. The van der Waals surface area contributed by atoms with Crippen molar-refractivity contribution in [3.63, 3.8) is 0 Å². The smallest absolute Gasteiger partial charge is 0.147 e. The van der Waals surface area contributed by atoms with E-state index in [0.29, 0.717) is 5.15 Å². The molecule has 0 fully saturated rings. The number of benzene rings is 3. The zero-order valence-electron chi connectivity index (χ0n) is 12.9. The molecule has 0 aliphatic heterocycles. The number of hydrogen-bond acceptors (Lipinski definition) is 3. The SMILES string of the molecule is Clc1nc2ccc3ccccc3c2c2c1sc1c3ccccc3sc12. The molecule has 118 valence electrons. The van der Waals surface area contributed by atoms with Gasteiger partial charge in [-0.05, 0) is 22.9 Å². The van der Waals surface area contributed by atoms with Gasteiger partial charge in [-0.15, -0.1) is 22.7 Å². The van der Waals surface area contributed by atoms with Gasteiger partial charge in [-0.3, -0.25) is 0 Å². The minimum Gasteiger partial charge on any atom is -0.235 e. The van der Waals surface area contributed by atoms with Crippen LogP contribution in [-0.4, -0.2) is 4.98 Å². The summed E-state index contributed by atoms with van der Waals surface area (Å²) in [5.74, 6) is 0. The van der Waals surface area contributed by atoms with Crippen molar-refractivity contribution in [2.24, 2.45) is 0 Å². The second kappa shape index (κ2) is 4.92. The maximum atomic E-state index is 6.57. The Balaban J connectivity index is 1.99. The van der Waals surface area contributed by atoms with Crippen molar-refractivity contribution in [2.45, 2.75) is 0 Å². The molecular formula is C21H10ClNS2. The lowest BCUT2D eigenvalue weighted by atomic mass is 10.0. The molecule has 0 unspecified atom stereocenters. The molecule has 0 saturated carbocycles. The molecule has 4 heteroatoms. The van der Waals surface area contributed by atoms with Crippen LogP contribution >= 0.6 is 34.3 Å². The molecule has 0 aliphatic carbocycles. The Hall–Kier alpha value is -2.20. The number of thiophene rings is 2. The van der Waals surface area contributed by atoms with E-state index in [-0.39, 0.29) is 0 Å². The monoisotopic (exact) mass is 375 g/mol. The van der Waals surface area contributed by atoms with Gasteiger partial charge in [0.05, 0.1) is 19.6 Å². The number of rotatable bonds is 0. The predicted octanol–water partition coefficient (Wildman–Crippen LogP) is 7.62. The summed E-state index contributed by atoms with van der Waals surface area (Å²) in [6.07, 6.45) is 0. The van der Waals surface area contributed by atoms with Crippen LogP contribution in [0, 0.1) is 0 Å². The molecule has 0 saturated heterocycles. The number of aromatic nitrogens is 1. The predicted molar refractivity (Wildman–Crippen MR) is 113 cm³/mol. The number of hydrogen-bond donors (Lipinski definition) is 0. The van der Waals surface area contributed by atoms with E-state index in [1.807, 2.05) is 11.3 Å². The van der Waals surface area contributed by atoms with Crippen molar-refractivity contribution in [2.75, 3.05) is 0 Å². The van der Waals surface area contributed by atoms with E-state index in [2.05, 4.69) is 65.6 Å². The molecule has 0 spiro atoms. The Morgan fingerprint density at radius 2 is 1.48 bits per heavy atom. The number of fused-ring (bicyclic) bond motifs is 9. The van der Waals surface area contributed by atoms with Crippen LogP contribution < -0.4 is 0 Å². The molecule has 25 heavy (non-hydrogen) atoms. The average molecular weight is 376 g/mol. The van der Waals surface area contributed by atoms with Crippen LogP contribution in [0.4, 0.5) is 0 Å². The number of nitrogens with zero attached hydrogens (tertiary/aromatic N) is 1. The fourth-order valence-electron chi connectivity index (χ4n) is 3.69. The third-order valence-electron chi connectivity index (χ3n) is 4.77. The van der Waals surface area contributed by atoms with Gasteiger partial charge in [0.1, 0.15) is 5.15 Å². The topological polar surface area (TPSA) is 12.9 Å². The van der Waals surface area contributed by atoms with Crippen molar-refractivity contribution in [1.29, 1.82) is 0 Å². The molecule has 0 N–H and O–H groups in total. The van der Waals surface area contributed by atoms with Gasteiger partial charge in [-0.2, -0.15) is 0 Å². The Kier molecular flexibility index (Phi) is 2.76. The van der Waals surface area contributed by atoms with Crippen LogP contribution in [0.3, 0.4) is 0 Å². The van der Waals surface area contributed by atoms with E-state index in [9.17, 15) is 0 Å². The average Bonchev–Trinajstić information content (AvgIpc) is 3.18. The first-order valence-corrected chi connectivity index (χ1v) is 10.0. The molecular weight excluding hydrogens is 366 g/mol. The lowest BCUT2D eigenvalue weighted by Gasteiger charge is -2.06. The van der Waals surface area contributed by atoms with Crippen molar-refractivity contribution < 1.29 is 0 Å². The molecule has 0 atom stereocenters. The van der Waals surface area contributed by atoms with E-state index >= 15 is 0 Å². The normalized spacial score (nSPS) is 12.2. The van der Waals surface area contributed by atoms with Gasteiger partial charge in [-0.25, -0.2) is 4.98 Å². The minimum absolute atomic E-state index is 0.607. The Morgan fingerprint density at radius 3 is 2.40 bits per heavy atom. The van der Waals surface area contributed by atoms with Crippen LogP contribution in [0.1, 0.15) is 0 Å². The first-order chi connectivity index (χ1) is 12.3. The first kappa shape index (κ1) is 14.0. The number of pyridine rings is 1. The van der Waals surface area contributed by atoms with Crippen molar-refractivity contribution in [3.05, 3.63) is 65.8 Å². The lowest BCUT2D eigenvalue weighted by molar-refractivity contribution is 1.46. The summed E-state index contributed by atoms with van der Waals surface area (Å²) in [7, 11) is 0. The summed E-state index contributed by atoms with van der Waals surface area (Å²) in [4.78, 5) is 4.69. The number of halogens is 1. The zero-order chi connectivity index (χ0) is 16.5. The van der Waals surface area contributed by atoms with E-state index in [1.54, 1.807) is 11.3 Å². The van der Waals surface area contributed by atoms with Crippen molar-refractivity contribution in [3.8, 4) is 0 Å². The third kappa shape index (κ3) is 1.81. The van der Waals surface area contributed by atoms with E-state index in [1.165, 1.54) is 41.0 Å². The van der Waals surface area contributed by atoms with Gasteiger partial charge in [-0.1, -0.05) is 60.1 Å². The Labute approximate surface area is 156 Å². The van der Waals surface area contributed by atoms with E-state index in [0.717, 1.165) is 10.2 Å². The highest BCUT2D eigenvalue weighted by atomic mass is 35.5.